The summed E-state index contributed by atoms with van der Waals surface area (Å²) in [5, 5.41) is 0. The third-order valence-electron chi connectivity index (χ3n) is 4.87. The molecule has 2 atom stereocenters. The minimum atomic E-state index is -0.0649. The molecule has 0 N–H and O–H groups in total. The Bertz CT molecular complexity index is 698. The number of aryl methyl sites for hydroxylation is 1. The van der Waals surface area contributed by atoms with E-state index in [9.17, 15) is 0 Å². The fourth-order valence-electron chi connectivity index (χ4n) is 3.58. The third-order valence-corrected chi connectivity index (χ3v) is 4.87. The number of anilines is 1. The first-order valence-electron chi connectivity index (χ1n) is 8.31. The molecule has 4 rings (SSSR count). The molecule has 7 heteroatoms. The maximum Gasteiger partial charge on any atom is 0.316 e. The average Bonchev–Trinajstić information content (AvgIpc) is 3.04. The van der Waals surface area contributed by atoms with Gasteiger partial charge in [0.15, 0.2) is 0 Å². The molecule has 4 heterocycles. The summed E-state index contributed by atoms with van der Waals surface area (Å²) in [5.41, 5.74) is 0.838. The van der Waals surface area contributed by atoms with E-state index in [4.69, 9.17) is 9.47 Å². The predicted octanol–water partition coefficient (Wildman–Crippen LogP) is 1.64. The standard InChI is InChI=1S/C17H21N5O2/c1-13-3-8-20-16(21-13)24-12-17-5-10-23-14(17)4-9-22(11-17)15-18-6-2-7-19-15/h2-3,6-8,14H,4-5,9-12H2,1H3/t14-,17+/m1/s1. The van der Waals surface area contributed by atoms with Crippen LogP contribution in [0.2, 0.25) is 0 Å². The molecule has 7 nitrogen and oxygen atoms in total. The van der Waals surface area contributed by atoms with Crippen molar-refractivity contribution in [1.82, 2.24) is 19.9 Å². The number of nitrogens with zero attached hydrogens (tertiary/aromatic N) is 5. The molecule has 2 aliphatic heterocycles. The highest BCUT2D eigenvalue weighted by molar-refractivity contribution is 5.31. The third kappa shape index (κ3) is 2.91. The number of ether oxygens (including phenoxy) is 2. The molecular weight excluding hydrogens is 306 g/mol. The highest BCUT2D eigenvalue weighted by Gasteiger charge is 2.49. The van der Waals surface area contributed by atoms with E-state index in [0.29, 0.717) is 12.6 Å². The van der Waals surface area contributed by atoms with E-state index in [1.165, 1.54) is 0 Å². The molecule has 2 fully saturated rings. The second-order valence-corrected chi connectivity index (χ2v) is 6.50. The van der Waals surface area contributed by atoms with Crippen LogP contribution in [0.3, 0.4) is 0 Å². The molecule has 0 amide bonds. The van der Waals surface area contributed by atoms with E-state index in [2.05, 4.69) is 24.8 Å². The minimum absolute atomic E-state index is 0.0649. The number of hydrogen-bond donors (Lipinski definition) is 0. The number of hydrogen-bond acceptors (Lipinski definition) is 7. The fourth-order valence-corrected chi connectivity index (χ4v) is 3.58. The average molecular weight is 327 g/mol. The monoisotopic (exact) mass is 327 g/mol. The van der Waals surface area contributed by atoms with Gasteiger partial charge in [0.05, 0.1) is 11.5 Å². The van der Waals surface area contributed by atoms with Crippen LogP contribution in [0.15, 0.2) is 30.7 Å². The lowest BCUT2D eigenvalue weighted by molar-refractivity contribution is 0.00610. The van der Waals surface area contributed by atoms with Crippen LogP contribution in [0.5, 0.6) is 6.01 Å². The van der Waals surface area contributed by atoms with Crippen molar-refractivity contribution in [3.8, 4) is 6.01 Å². The van der Waals surface area contributed by atoms with Crippen molar-refractivity contribution in [2.24, 2.45) is 5.41 Å². The second kappa shape index (κ2) is 6.32. The van der Waals surface area contributed by atoms with Crippen LogP contribution in [0.25, 0.3) is 0 Å². The van der Waals surface area contributed by atoms with E-state index in [0.717, 1.165) is 44.2 Å². The maximum absolute atomic E-state index is 5.97. The molecule has 0 unspecified atom stereocenters. The van der Waals surface area contributed by atoms with Gasteiger partial charge in [0.1, 0.15) is 6.61 Å². The van der Waals surface area contributed by atoms with Crippen molar-refractivity contribution in [2.45, 2.75) is 25.9 Å². The van der Waals surface area contributed by atoms with Crippen molar-refractivity contribution in [3.63, 3.8) is 0 Å². The summed E-state index contributed by atoms with van der Waals surface area (Å²) in [5.74, 6) is 0.772. The highest BCUT2D eigenvalue weighted by Crippen LogP contribution is 2.41. The zero-order chi connectivity index (χ0) is 16.4. The number of rotatable bonds is 4. The predicted molar refractivity (Wildman–Crippen MR) is 87.9 cm³/mol. The summed E-state index contributed by atoms with van der Waals surface area (Å²) in [6.07, 6.45) is 7.42. The zero-order valence-electron chi connectivity index (χ0n) is 13.8. The molecule has 2 aliphatic rings. The van der Waals surface area contributed by atoms with Gasteiger partial charge in [-0.25, -0.2) is 19.9 Å². The van der Waals surface area contributed by atoms with Gasteiger partial charge < -0.3 is 14.4 Å². The van der Waals surface area contributed by atoms with Crippen LogP contribution >= 0.6 is 0 Å². The first kappa shape index (κ1) is 15.3. The Balaban J connectivity index is 1.51. The van der Waals surface area contributed by atoms with E-state index in [1.807, 2.05) is 19.1 Å². The Hall–Kier alpha value is -2.28. The molecule has 2 saturated heterocycles. The largest absolute Gasteiger partial charge is 0.463 e. The number of aromatic nitrogens is 4. The molecule has 0 bridgehead atoms. The first-order chi connectivity index (χ1) is 11.8. The maximum atomic E-state index is 5.97. The highest BCUT2D eigenvalue weighted by atomic mass is 16.5. The fraction of sp³-hybridized carbons (Fsp3) is 0.529. The van der Waals surface area contributed by atoms with Gasteiger partial charge in [0, 0.05) is 44.0 Å². The Kier molecular flexibility index (Phi) is 4.02. The van der Waals surface area contributed by atoms with E-state index in [1.54, 1.807) is 18.6 Å². The molecule has 0 radical (unpaired) electrons. The molecule has 2 aromatic heterocycles. The summed E-state index contributed by atoms with van der Waals surface area (Å²) < 4.78 is 11.9. The molecule has 126 valence electrons. The SMILES string of the molecule is Cc1ccnc(OC[C@@]23CCO[C@@H]2CCN(c2ncccn2)C3)n1. The van der Waals surface area contributed by atoms with Crippen LogP contribution in [-0.2, 0) is 4.74 Å². The van der Waals surface area contributed by atoms with Crippen molar-refractivity contribution in [1.29, 1.82) is 0 Å². The van der Waals surface area contributed by atoms with Gasteiger partial charge in [-0.05, 0) is 31.9 Å². The Morgan fingerprint density at radius 2 is 2.17 bits per heavy atom. The Labute approximate surface area is 141 Å². The Morgan fingerprint density at radius 3 is 3.00 bits per heavy atom. The van der Waals surface area contributed by atoms with Gasteiger partial charge in [-0.3, -0.25) is 0 Å². The zero-order valence-corrected chi connectivity index (χ0v) is 13.8. The number of fused-ring (bicyclic) bond motifs is 1. The molecule has 0 aromatic carbocycles. The number of piperidine rings is 1. The van der Waals surface area contributed by atoms with Crippen LogP contribution in [0, 0.1) is 12.3 Å². The van der Waals surface area contributed by atoms with Crippen molar-refractivity contribution in [2.75, 3.05) is 31.2 Å². The van der Waals surface area contributed by atoms with Crippen molar-refractivity contribution >= 4 is 5.95 Å². The summed E-state index contributed by atoms with van der Waals surface area (Å²) in [4.78, 5) is 19.5. The summed E-state index contributed by atoms with van der Waals surface area (Å²) in [6, 6.07) is 4.13. The minimum Gasteiger partial charge on any atom is -0.463 e. The van der Waals surface area contributed by atoms with Crippen LogP contribution < -0.4 is 9.64 Å². The van der Waals surface area contributed by atoms with Crippen LogP contribution in [-0.4, -0.2) is 52.3 Å². The van der Waals surface area contributed by atoms with Crippen molar-refractivity contribution in [3.05, 3.63) is 36.4 Å². The van der Waals surface area contributed by atoms with Gasteiger partial charge in [0.2, 0.25) is 5.95 Å². The van der Waals surface area contributed by atoms with Gasteiger partial charge in [-0.2, -0.15) is 0 Å². The lowest BCUT2D eigenvalue weighted by Gasteiger charge is -2.43. The molecule has 0 spiro atoms. The molecule has 24 heavy (non-hydrogen) atoms. The van der Waals surface area contributed by atoms with Gasteiger partial charge in [-0.15, -0.1) is 0 Å². The molecule has 0 saturated carbocycles. The normalized spacial score (nSPS) is 26.2. The van der Waals surface area contributed by atoms with E-state index in [-0.39, 0.29) is 11.5 Å². The van der Waals surface area contributed by atoms with Crippen LogP contribution in [0.1, 0.15) is 18.5 Å². The van der Waals surface area contributed by atoms with Crippen molar-refractivity contribution < 1.29 is 9.47 Å². The topological polar surface area (TPSA) is 73.3 Å². The summed E-state index contributed by atoms with van der Waals surface area (Å²) in [7, 11) is 0. The lowest BCUT2D eigenvalue weighted by Crippen LogP contribution is -2.53. The molecular formula is C17H21N5O2. The molecule has 0 aliphatic carbocycles. The lowest BCUT2D eigenvalue weighted by atomic mass is 9.77. The second-order valence-electron chi connectivity index (χ2n) is 6.50. The van der Waals surface area contributed by atoms with Crippen LogP contribution in [0.4, 0.5) is 5.95 Å². The van der Waals surface area contributed by atoms with E-state index < -0.39 is 0 Å². The van der Waals surface area contributed by atoms with Gasteiger partial charge in [0.25, 0.3) is 0 Å². The quantitative estimate of drug-likeness (QED) is 0.845. The summed E-state index contributed by atoms with van der Waals surface area (Å²) >= 11 is 0. The van der Waals surface area contributed by atoms with E-state index >= 15 is 0 Å². The van der Waals surface area contributed by atoms with Gasteiger partial charge in [-0.1, -0.05) is 0 Å². The summed E-state index contributed by atoms with van der Waals surface area (Å²) in [6.45, 7) is 4.98. The smallest absolute Gasteiger partial charge is 0.316 e. The first-order valence-corrected chi connectivity index (χ1v) is 8.31. The Morgan fingerprint density at radius 1 is 1.29 bits per heavy atom. The van der Waals surface area contributed by atoms with Gasteiger partial charge >= 0.3 is 6.01 Å². The molecule has 2 aromatic rings.